The summed E-state index contributed by atoms with van der Waals surface area (Å²) >= 11 is 0. The van der Waals surface area contributed by atoms with E-state index in [4.69, 9.17) is 36.9 Å². The van der Waals surface area contributed by atoms with Gasteiger partial charge in [0.05, 0.1) is 44.0 Å². The molecule has 7 aromatic carbocycles. The van der Waals surface area contributed by atoms with Crippen LogP contribution in [0.15, 0.2) is 163 Å². The van der Waals surface area contributed by atoms with Gasteiger partial charge in [-0.2, -0.15) is 15.0 Å². The summed E-state index contributed by atoms with van der Waals surface area (Å²) in [5.74, 6) is -1.03. The van der Waals surface area contributed by atoms with Crippen LogP contribution in [0.4, 0.5) is 0 Å². The molecule has 10 aromatic rings. The molecule has 0 amide bonds. The van der Waals surface area contributed by atoms with Gasteiger partial charge in [0.25, 0.3) is 0 Å². The zero-order valence-electron chi connectivity index (χ0n) is 44.1. The molecule has 3 heterocycles. The minimum Gasteiger partial charge on any atom is -0.278 e. The lowest BCUT2D eigenvalue weighted by Gasteiger charge is -2.21. The molecule has 0 N–H and O–H groups in total. The summed E-state index contributed by atoms with van der Waals surface area (Å²) in [6.07, 6.45) is 0. The number of benzene rings is 7. The molecule has 5 nitrogen and oxygen atoms in total. The summed E-state index contributed by atoms with van der Waals surface area (Å²) < 4.78 is 144. The Morgan fingerprint density at radius 1 is 0.453 bits per heavy atom. The van der Waals surface area contributed by atoms with Crippen molar-refractivity contribution in [2.24, 2.45) is 0 Å². The van der Waals surface area contributed by atoms with Crippen molar-refractivity contribution in [1.29, 1.82) is 0 Å². The van der Waals surface area contributed by atoms with Gasteiger partial charge in [-0.3, -0.25) is 9.13 Å². The molecule has 0 unspecified atom stereocenters. The standard InChI is InChI=1S/C48H33N5/c1-48(2)38-20-8-3-18-37(38)44-32(19-13-21-39(44)48)30-26-28-31(29-27-30)45-49-46(52-40-22-9-4-14-33(40)34-15-5-10-23-41(34)52)51-47(50-45)53-42-24-11-6-16-35(42)36-17-7-12-25-43(36)53/h3-29H,1-2H3/i4D,5D,6D,7D,9D,10D,11D,12D,14D,15D,16D,17D,22D,23D,24D,25D. The molecule has 0 fully saturated rings. The van der Waals surface area contributed by atoms with E-state index in [0.717, 1.165) is 37.0 Å². The van der Waals surface area contributed by atoms with Gasteiger partial charge < -0.3 is 0 Å². The van der Waals surface area contributed by atoms with Crippen LogP contribution in [0.2, 0.25) is 0 Å². The van der Waals surface area contributed by atoms with Crippen LogP contribution in [-0.4, -0.2) is 24.1 Å². The molecule has 250 valence electrons. The van der Waals surface area contributed by atoms with Crippen LogP contribution >= 0.6 is 0 Å². The lowest BCUT2D eigenvalue weighted by Crippen LogP contribution is -2.14. The van der Waals surface area contributed by atoms with E-state index in [-0.39, 0.29) is 54.9 Å². The molecule has 0 aliphatic heterocycles. The largest absolute Gasteiger partial charge is 0.278 e. The molecule has 0 spiro atoms. The van der Waals surface area contributed by atoms with Gasteiger partial charge >= 0.3 is 0 Å². The summed E-state index contributed by atoms with van der Waals surface area (Å²) in [7, 11) is 0. The zero-order valence-corrected chi connectivity index (χ0v) is 28.1. The van der Waals surface area contributed by atoms with Gasteiger partial charge in [-0.1, -0.05) is 153 Å². The second-order valence-corrected chi connectivity index (χ2v) is 13.3. The normalized spacial score (nSPS) is 17.5. The summed E-state index contributed by atoms with van der Waals surface area (Å²) in [5.41, 5.74) is 5.14. The third kappa shape index (κ3) is 4.28. The Kier molecular flexibility index (Phi) is 3.78. The first kappa shape index (κ1) is 18.1. The maximum absolute atomic E-state index is 9.17. The van der Waals surface area contributed by atoms with Crippen molar-refractivity contribution in [3.8, 4) is 45.5 Å². The molecule has 5 heteroatoms. The Bertz CT molecular complexity index is 3680. The molecule has 0 bridgehead atoms. The van der Waals surface area contributed by atoms with Crippen molar-refractivity contribution < 1.29 is 21.9 Å². The Hall–Kier alpha value is -6.85. The summed E-state index contributed by atoms with van der Waals surface area (Å²) in [4.78, 5) is 14.4. The molecule has 0 radical (unpaired) electrons. The first-order valence-corrected chi connectivity index (χ1v) is 16.8. The van der Waals surface area contributed by atoms with Gasteiger partial charge in [0, 0.05) is 32.5 Å². The molecule has 1 aliphatic rings. The topological polar surface area (TPSA) is 48.5 Å². The average Bonchev–Trinajstić information content (AvgIpc) is 3.98. The summed E-state index contributed by atoms with van der Waals surface area (Å²) in [5, 5.41) is -1.01. The number of hydrogen-bond donors (Lipinski definition) is 0. The molecular formula is C48H33N5. The Balaban J connectivity index is 1.27. The fourth-order valence-electron chi connectivity index (χ4n) is 7.72. The van der Waals surface area contributed by atoms with Crippen LogP contribution in [-0.2, 0) is 5.41 Å². The highest BCUT2D eigenvalue weighted by molar-refractivity contribution is 6.10. The van der Waals surface area contributed by atoms with E-state index < -0.39 is 109 Å². The molecule has 11 rings (SSSR count). The highest BCUT2D eigenvalue weighted by Gasteiger charge is 2.36. The zero-order chi connectivity index (χ0) is 49.2. The second kappa shape index (κ2) is 11.1. The Morgan fingerprint density at radius 2 is 0.887 bits per heavy atom. The van der Waals surface area contributed by atoms with Gasteiger partial charge in [-0.15, -0.1) is 0 Å². The second-order valence-electron chi connectivity index (χ2n) is 13.3. The van der Waals surface area contributed by atoms with Gasteiger partial charge in [0.15, 0.2) is 5.82 Å². The molecule has 53 heavy (non-hydrogen) atoms. The predicted octanol–water partition coefficient (Wildman–Crippen LogP) is 11.7. The fraction of sp³-hybridized carbons (Fsp3) is 0.0625. The smallest absolute Gasteiger partial charge is 0.240 e. The fourth-order valence-corrected chi connectivity index (χ4v) is 7.72. The van der Waals surface area contributed by atoms with Crippen LogP contribution < -0.4 is 0 Å². The van der Waals surface area contributed by atoms with Crippen LogP contribution in [0.25, 0.3) is 89.2 Å². The maximum Gasteiger partial charge on any atom is 0.240 e. The predicted molar refractivity (Wildman–Crippen MR) is 217 cm³/mol. The van der Waals surface area contributed by atoms with E-state index in [9.17, 15) is 0 Å². The van der Waals surface area contributed by atoms with Gasteiger partial charge in [0.2, 0.25) is 11.9 Å². The lowest BCUT2D eigenvalue weighted by molar-refractivity contribution is 0.660. The minimum atomic E-state index is -0.690. The number of para-hydroxylation sites is 4. The highest BCUT2D eigenvalue weighted by atomic mass is 15.3. The number of fused-ring (bicyclic) bond motifs is 9. The van der Waals surface area contributed by atoms with Gasteiger partial charge in [0.1, 0.15) is 0 Å². The summed E-state index contributed by atoms with van der Waals surface area (Å²) in [6.45, 7) is 4.36. The van der Waals surface area contributed by atoms with Gasteiger partial charge in [-0.05, 0) is 57.6 Å². The Morgan fingerprint density at radius 3 is 1.42 bits per heavy atom. The van der Waals surface area contributed by atoms with E-state index in [1.165, 1.54) is 5.56 Å². The van der Waals surface area contributed by atoms with Gasteiger partial charge in [-0.25, -0.2) is 0 Å². The monoisotopic (exact) mass is 695 g/mol. The third-order valence-electron chi connectivity index (χ3n) is 10.1. The van der Waals surface area contributed by atoms with Crippen molar-refractivity contribution in [2.75, 3.05) is 0 Å². The van der Waals surface area contributed by atoms with Crippen molar-refractivity contribution in [1.82, 2.24) is 24.1 Å². The number of aromatic nitrogens is 5. The van der Waals surface area contributed by atoms with Crippen LogP contribution in [0, 0.1) is 0 Å². The molecule has 0 atom stereocenters. The maximum atomic E-state index is 9.17. The van der Waals surface area contributed by atoms with E-state index in [1.54, 1.807) is 12.1 Å². The van der Waals surface area contributed by atoms with Crippen molar-refractivity contribution in [2.45, 2.75) is 19.3 Å². The lowest BCUT2D eigenvalue weighted by atomic mass is 9.82. The molecule has 0 saturated heterocycles. The van der Waals surface area contributed by atoms with Crippen LogP contribution in [0.3, 0.4) is 0 Å². The first-order valence-electron chi connectivity index (χ1n) is 24.8. The summed E-state index contributed by atoms with van der Waals surface area (Å²) in [6, 6.07) is 11.2. The molecule has 3 aromatic heterocycles. The van der Waals surface area contributed by atoms with Crippen molar-refractivity contribution in [3.05, 3.63) is 175 Å². The van der Waals surface area contributed by atoms with E-state index in [2.05, 4.69) is 32.0 Å². The average molecular weight is 696 g/mol. The van der Waals surface area contributed by atoms with E-state index in [1.807, 2.05) is 36.4 Å². The van der Waals surface area contributed by atoms with Crippen LogP contribution in [0.1, 0.15) is 46.9 Å². The molecule has 1 aliphatic carbocycles. The Labute approximate surface area is 329 Å². The SMILES string of the molecule is [2H]c1c([2H])c([2H])c2c(c1[2H])c1c([2H])c([2H])c([2H])c([2H])c1n2-c1nc(-c2ccc(-c3cccc4c3-c3ccccc3C4(C)C)cc2)nc(-n2c3c([2H])c([2H])c([2H])c([2H])c3c3c([2H])c([2H])c([2H])c([2H])c32)n1. The first-order chi connectivity index (χ1) is 32.7. The number of hydrogen-bond acceptors (Lipinski definition) is 3. The molecular weight excluding hydrogens is 647 g/mol. The highest BCUT2D eigenvalue weighted by Crippen LogP contribution is 2.52. The van der Waals surface area contributed by atoms with Crippen LogP contribution in [0.5, 0.6) is 0 Å². The number of rotatable bonds is 4. The quantitative estimate of drug-likeness (QED) is 0.184. The van der Waals surface area contributed by atoms with Crippen molar-refractivity contribution >= 4 is 43.6 Å². The van der Waals surface area contributed by atoms with E-state index in [0.29, 0.717) is 5.56 Å². The number of nitrogens with zero attached hydrogens (tertiary/aromatic N) is 5. The molecule has 0 saturated carbocycles. The third-order valence-corrected chi connectivity index (χ3v) is 10.1. The van der Waals surface area contributed by atoms with Crippen molar-refractivity contribution in [3.63, 3.8) is 0 Å². The minimum absolute atomic E-state index is 0.125. The van der Waals surface area contributed by atoms with E-state index >= 15 is 0 Å².